The number of hydrogen-bond acceptors (Lipinski definition) is 2. The molecule has 0 fully saturated rings. The van der Waals surface area contributed by atoms with Crippen molar-refractivity contribution in [3.05, 3.63) is 22.4 Å². The fourth-order valence-corrected chi connectivity index (χ4v) is 3.60. The molecule has 1 N–H and O–H groups in total. The molecular weight excluding hydrogens is 274 g/mol. The summed E-state index contributed by atoms with van der Waals surface area (Å²) in [6.07, 6.45) is 16.8. The Morgan fingerprint density at radius 2 is 1.57 bits per heavy atom. The monoisotopic (exact) mass is 309 g/mol. The van der Waals surface area contributed by atoms with Crippen LogP contribution in [0, 0.1) is 0 Å². The lowest BCUT2D eigenvalue weighted by molar-refractivity contribution is 0.477. The summed E-state index contributed by atoms with van der Waals surface area (Å²) in [7, 11) is 2.10. The molecule has 1 heterocycles. The molecular formula is C19H35NS. The van der Waals surface area contributed by atoms with Crippen LogP contribution in [0.1, 0.15) is 83.1 Å². The number of rotatable bonds is 14. The fraction of sp³-hybridized carbons (Fsp3) is 0.789. The maximum atomic E-state index is 3.48. The quantitative estimate of drug-likeness (QED) is 0.404. The first-order chi connectivity index (χ1) is 10.4. The van der Waals surface area contributed by atoms with E-state index in [2.05, 4.69) is 36.1 Å². The Kier molecular flexibility index (Phi) is 11.9. The number of unbranched alkanes of at least 4 members (excludes halogenated alkanes) is 9. The second-order valence-corrected chi connectivity index (χ2v) is 7.07. The molecule has 1 aromatic heterocycles. The van der Waals surface area contributed by atoms with Gasteiger partial charge in [-0.05, 0) is 42.3 Å². The van der Waals surface area contributed by atoms with Crippen LogP contribution in [-0.2, 0) is 6.42 Å². The van der Waals surface area contributed by atoms with E-state index in [1.165, 1.54) is 82.6 Å². The summed E-state index contributed by atoms with van der Waals surface area (Å²) < 4.78 is 0. The van der Waals surface area contributed by atoms with Crippen LogP contribution in [0.3, 0.4) is 0 Å². The second kappa shape index (κ2) is 13.3. The van der Waals surface area contributed by atoms with E-state index in [4.69, 9.17) is 0 Å². The molecule has 0 saturated heterocycles. The predicted molar refractivity (Wildman–Crippen MR) is 97.3 cm³/mol. The highest BCUT2D eigenvalue weighted by atomic mass is 32.1. The molecule has 1 nitrogen and oxygen atoms in total. The molecule has 2 heteroatoms. The zero-order valence-corrected chi connectivity index (χ0v) is 15.0. The SMILES string of the molecule is CCCCCCCCCCCCC(Cc1ccsc1)NC. The van der Waals surface area contributed by atoms with Gasteiger partial charge in [-0.3, -0.25) is 0 Å². The summed E-state index contributed by atoms with van der Waals surface area (Å²) >= 11 is 1.81. The van der Waals surface area contributed by atoms with Gasteiger partial charge in [0.05, 0.1) is 0 Å². The summed E-state index contributed by atoms with van der Waals surface area (Å²) in [6.45, 7) is 2.29. The van der Waals surface area contributed by atoms with Gasteiger partial charge >= 0.3 is 0 Å². The molecule has 0 saturated carbocycles. The van der Waals surface area contributed by atoms with Gasteiger partial charge in [-0.1, -0.05) is 71.1 Å². The van der Waals surface area contributed by atoms with Gasteiger partial charge in [-0.25, -0.2) is 0 Å². The summed E-state index contributed by atoms with van der Waals surface area (Å²) in [6, 6.07) is 2.92. The van der Waals surface area contributed by atoms with Gasteiger partial charge in [0.15, 0.2) is 0 Å². The van der Waals surface area contributed by atoms with E-state index >= 15 is 0 Å². The highest BCUT2D eigenvalue weighted by Gasteiger charge is 2.07. The molecule has 1 aromatic rings. The largest absolute Gasteiger partial charge is 0.317 e. The van der Waals surface area contributed by atoms with Crippen molar-refractivity contribution >= 4 is 11.3 Å². The van der Waals surface area contributed by atoms with Crippen LogP contribution in [0.4, 0.5) is 0 Å². The lowest BCUT2D eigenvalue weighted by Gasteiger charge is -2.15. The van der Waals surface area contributed by atoms with Gasteiger partial charge in [-0.15, -0.1) is 0 Å². The molecule has 21 heavy (non-hydrogen) atoms. The Morgan fingerprint density at radius 1 is 0.952 bits per heavy atom. The molecule has 0 aliphatic carbocycles. The topological polar surface area (TPSA) is 12.0 Å². The normalized spacial score (nSPS) is 12.7. The Balaban J connectivity index is 1.90. The first-order valence-electron chi connectivity index (χ1n) is 9.05. The van der Waals surface area contributed by atoms with Crippen molar-refractivity contribution in [3.63, 3.8) is 0 Å². The minimum atomic E-state index is 0.661. The lowest BCUT2D eigenvalue weighted by atomic mass is 10.0. The van der Waals surface area contributed by atoms with Crippen LogP contribution in [0.15, 0.2) is 16.8 Å². The van der Waals surface area contributed by atoms with Crippen molar-refractivity contribution in [1.82, 2.24) is 5.32 Å². The maximum absolute atomic E-state index is 3.48. The molecule has 0 aromatic carbocycles. The Labute approximate surface area is 136 Å². The van der Waals surface area contributed by atoms with Gasteiger partial charge in [0.25, 0.3) is 0 Å². The van der Waals surface area contributed by atoms with Crippen molar-refractivity contribution in [2.75, 3.05) is 7.05 Å². The van der Waals surface area contributed by atoms with E-state index in [1.807, 2.05) is 11.3 Å². The molecule has 1 unspecified atom stereocenters. The maximum Gasteiger partial charge on any atom is 0.0105 e. The van der Waals surface area contributed by atoms with Crippen molar-refractivity contribution in [1.29, 1.82) is 0 Å². The molecule has 122 valence electrons. The minimum absolute atomic E-state index is 0.661. The van der Waals surface area contributed by atoms with Crippen molar-refractivity contribution in [3.8, 4) is 0 Å². The third-order valence-electron chi connectivity index (χ3n) is 4.38. The molecule has 0 radical (unpaired) electrons. The molecule has 1 rings (SSSR count). The Hall–Kier alpha value is -0.340. The number of hydrogen-bond donors (Lipinski definition) is 1. The third kappa shape index (κ3) is 10.1. The van der Waals surface area contributed by atoms with E-state index in [0.717, 1.165) is 0 Å². The summed E-state index contributed by atoms with van der Waals surface area (Å²) in [5.41, 5.74) is 1.49. The number of thiophene rings is 1. The Morgan fingerprint density at radius 3 is 2.10 bits per heavy atom. The van der Waals surface area contributed by atoms with Crippen LogP contribution in [0.25, 0.3) is 0 Å². The fourth-order valence-electron chi connectivity index (χ4n) is 2.92. The first-order valence-corrected chi connectivity index (χ1v) is 9.99. The minimum Gasteiger partial charge on any atom is -0.317 e. The van der Waals surface area contributed by atoms with Gasteiger partial charge < -0.3 is 5.32 Å². The van der Waals surface area contributed by atoms with Gasteiger partial charge in [-0.2, -0.15) is 11.3 Å². The van der Waals surface area contributed by atoms with E-state index in [9.17, 15) is 0 Å². The van der Waals surface area contributed by atoms with Crippen LogP contribution in [0.5, 0.6) is 0 Å². The molecule has 0 aliphatic rings. The molecule has 0 amide bonds. The van der Waals surface area contributed by atoms with Crippen molar-refractivity contribution in [2.45, 2.75) is 90.0 Å². The Bertz CT molecular complexity index is 307. The highest BCUT2D eigenvalue weighted by Crippen LogP contribution is 2.14. The standard InChI is InChI=1S/C19H35NS/c1-3-4-5-6-7-8-9-10-11-12-13-19(20-2)16-18-14-15-21-17-18/h14-15,17,19-20H,3-13,16H2,1-2H3. The summed E-state index contributed by atoms with van der Waals surface area (Å²) in [4.78, 5) is 0. The van der Waals surface area contributed by atoms with Crippen LogP contribution in [0.2, 0.25) is 0 Å². The number of nitrogens with one attached hydrogen (secondary N) is 1. The summed E-state index contributed by atoms with van der Waals surface area (Å²) in [5.74, 6) is 0. The third-order valence-corrected chi connectivity index (χ3v) is 5.11. The van der Waals surface area contributed by atoms with Crippen molar-refractivity contribution < 1.29 is 0 Å². The van der Waals surface area contributed by atoms with Gasteiger partial charge in [0.2, 0.25) is 0 Å². The van der Waals surface area contributed by atoms with Gasteiger partial charge in [0.1, 0.15) is 0 Å². The van der Waals surface area contributed by atoms with E-state index in [0.29, 0.717) is 6.04 Å². The zero-order valence-electron chi connectivity index (χ0n) is 14.2. The highest BCUT2D eigenvalue weighted by molar-refractivity contribution is 7.07. The molecule has 0 bridgehead atoms. The molecule has 1 atom stereocenters. The second-order valence-electron chi connectivity index (χ2n) is 6.29. The smallest absolute Gasteiger partial charge is 0.0105 e. The van der Waals surface area contributed by atoms with E-state index < -0.39 is 0 Å². The lowest BCUT2D eigenvalue weighted by Crippen LogP contribution is -2.27. The first kappa shape index (κ1) is 18.7. The molecule has 0 spiro atoms. The zero-order chi connectivity index (χ0) is 15.2. The van der Waals surface area contributed by atoms with Crippen molar-refractivity contribution in [2.24, 2.45) is 0 Å². The average Bonchev–Trinajstić information content (AvgIpc) is 3.01. The molecule has 0 aliphatic heterocycles. The van der Waals surface area contributed by atoms with E-state index in [-0.39, 0.29) is 0 Å². The average molecular weight is 310 g/mol. The summed E-state index contributed by atoms with van der Waals surface area (Å²) in [5, 5.41) is 7.94. The van der Waals surface area contributed by atoms with E-state index in [1.54, 1.807) is 0 Å². The predicted octanol–water partition coefficient (Wildman–Crippen LogP) is 6.19. The van der Waals surface area contributed by atoms with Crippen LogP contribution in [-0.4, -0.2) is 13.1 Å². The van der Waals surface area contributed by atoms with Gasteiger partial charge in [0, 0.05) is 6.04 Å². The van der Waals surface area contributed by atoms with Crippen LogP contribution >= 0.6 is 11.3 Å². The number of likely N-dealkylation sites (N-methyl/N-ethyl adjacent to an activating group) is 1. The van der Waals surface area contributed by atoms with Crippen LogP contribution < -0.4 is 5.32 Å².